The molecule has 318 valence electrons. The molecule has 6 heteroatoms. The van der Waals surface area contributed by atoms with E-state index in [1.54, 1.807) is 0 Å². The van der Waals surface area contributed by atoms with Crippen molar-refractivity contribution >= 4 is 167 Å². The Labute approximate surface area is 401 Å². The van der Waals surface area contributed by atoms with Crippen molar-refractivity contribution in [3.8, 4) is 0 Å². The zero-order valence-corrected chi connectivity index (χ0v) is 39.7. The van der Waals surface area contributed by atoms with Crippen LogP contribution in [0.25, 0.3) is 104 Å². The van der Waals surface area contributed by atoms with Gasteiger partial charge in [0.2, 0.25) is 0 Å². The van der Waals surface area contributed by atoms with Gasteiger partial charge >= 0.3 is 392 Å². The van der Waals surface area contributed by atoms with Crippen LogP contribution >= 0.6 is 0 Å². The van der Waals surface area contributed by atoms with E-state index in [1.807, 2.05) is 0 Å². The molecule has 0 unspecified atom stereocenters. The van der Waals surface area contributed by atoms with Crippen molar-refractivity contribution in [2.75, 3.05) is 9.80 Å². The quantitative estimate of drug-likeness (QED) is 0.155. The van der Waals surface area contributed by atoms with Crippen LogP contribution in [0.2, 0.25) is 0 Å². The average molecular weight is 999 g/mol. The summed E-state index contributed by atoms with van der Waals surface area (Å²) in [6.07, 6.45) is 0. The summed E-state index contributed by atoms with van der Waals surface area (Å²) < 4.78 is 19.3. The van der Waals surface area contributed by atoms with Gasteiger partial charge in [-0.15, -0.1) is 0 Å². The van der Waals surface area contributed by atoms with Crippen LogP contribution in [0.15, 0.2) is 227 Å². The van der Waals surface area contributed by atoms with Gasteiger partial charge in [0.25, 0.3) is 0 Å². The first-order valence-corrected chi connectivity index (χ1v) is 26.3. The van der Waals surface area contributed by atoms with Gasteiger partial charge in [0.1, 0.15) is 0 Å². The molecule has 0 bridgehead atoms. The molecule has 0 saturated heterocycles. The van der Waals surface area contributed by atoms with Crippen LogP contribution in [0.1, 0.15) is 0 Å². The Kier molecular flexibility index (Phi) is 8.36. The van der Waals surface area contributed by atoms with Crippen LogP contribution < -0.4 is 9.80 Å². The molecule has 4 nitrogen and oxygen atoms in total. The van der Waals surface area contributed by atoms with Crippen molar-refractivity contribution in [3.63, 3.8) is 0 Å². The fourth-order valence-corrected chi connectivity index (χ4v) is 15.1. The third-order valence-electron chi connectivity index (χ3n) is 13.7. The van der Waals surface area contributed by atoms with E-state index in [2.05, 4.69) is 228 Å². The Morgan fingerprint density at radius 1 is 0.235 bits per heavy atom. The van der Waals surface area contributed by atoms with Gasteiger partial charge in [-0.3, -0.25) is 0 Å². The molecule has 0 N–H and O–H groups in total. The van der Waals surface area contributed by atoms with E-state index in [-0.39, 0.29) is 0 Å². The third-order valence-corrected chi connectivity index (χ3v) is 18.6. The van der Waals surface area contributed by atoms with Crippen molar-refractivity contribution in [3.05, 3.63) is 218 Å². The number of benzene rings is 11. The topological polar surface area (TPSA) is 32.8 Å². The standard InChI is InChI=1S/C62H36N2O2Se2/c1-3-11-41(12-4-1)63(45-23-25-61-53(33-45)47-15-7-9-17-59(47)67-61)43-21-19-37-29-49-51-35-58-52(36-57(51)65-55(49)31-39(37)27-43)50-30-38-20-22-44(28-40(38)32-56(50)66-58)64(42-13-5-2-6-14-42)46-24-26-62-54(34-46)48-16-8-10-18-60(48)68-62/h1-36H. The molecule has 0 aliphatic heterocycles. The summed E-state index contributed by atoms with van der Waals surface area (Å²) in [6, 6.07) is 79.8. The van der Waals surface area contributed by atoms with E-state index in [1.165, 1.54) is 38.6 Å². The van der Waals surface area contributed by atoms with Crippen LogP contribution in [0.5, 0.6) is 0 Å². The monoisotopic (exact) mass is 1000 g/mol. The Balaban J connectivity index is 0.820. The first-order valence-electron chi connectivity index (χ1n) is 22.9. The number of nitrogens with zero attached hydrogens (tertiary/aromatic N) is 2. The van der Waals surface area contributed by atoms with Gasteiger partial charge in [0.05, 0.1) is 0 Å². The first-order chi connectivity index (χ1) is 33.6. The molecule has 0 atom stereocenters. The van der Waals surface area contributed by atoms with E-state index in [4.69, 9.17) is 8.83 Å². The zero-order valence-electron chi connectivity index (χ0n) is 36.3. The van der Waals surface area contributed by atoms with Gasteiger partial charge in [-0.1, -0.05) is 0 Å². The van der Waals surface area contributed by atoms with Gasteiger partial charge in [-0.2, -0.15) is 0 Å². The summed E-state index contributed by atoms with van der Waals surface area (Å²) in [5.41, 5.74) is 10.1. The molecule has 15 rings (SSSR count). The summed E-state index contributed by atoms with van der Waals surface area (Å²) in [4.78, 5) is 4.74. The average Bonchev–Trinajstić information content (AvgIpc) is 4.14. The van der Waals surface area contributed by atoms with E-state index in [0.29, 0.717) is 29.0 Å². The van der Waals surface area contributed by atoms with E-state index >= 15 is 0 Å². The summed E-state index contributed by atoms with van der Waals surface area (Å²) in [5, 5.41) is 14.2. The van der Waals surface area contributed by atoms with Crippen LogP contribution in [0, 0.1) is 0 Å². The maximum atomic E-state index is 6.74. The fourth-order valence-electron chi connectivity index (χ4n) is 10.5. The normalized spacial score (nSPS) is 12.1. The number of fused-ring (bicyclic) bond motifs is 14. The second-order valence-corrected chi connectivity index (χ2v) is 22.3. The molecule has 0 aliphatic rings. The molecule has 0 aliphatic carbocycles. The molecule has 11 aromatic carbocycles. The summed E-state index contributed by atoms with van der Waals surface area (Å²) in [7, 11) is 0. The van der Waals surface area contributed by atoms with Crippen molar-refractivity contribution in [1.29, 1.82) is 0 Å². The van der Waals surface area contributed by atoms with Gasteiger partial charge in [-0.25, -0.2) is 0 Å². The molecule has 68 heavy (non-hydrogen) atoms. The van der Waals surface area contributed by atoms with E-state index in [0.717, 1.165) is 99.5 Å². The van der Waals surface area contributed by atoms with Crippen molar-refractivity contribution in [1.82, 2.24) is 0 Å². The third kappa shape index (κ3) is 5.99. The molecule has 15 aromatic rings. The molecule has 0 saturated carbocycles. The number of furan rings is 2. The number of hydrogen-bond donors (Lipinski definition) is 0. The van der Waals surface area contributed by atoms with Crippen molar-refractivity contribution in [2.45, 2.75) is 0 Å². The second-order valence-electron chi connectivity index (χ2n) is 17.7. The SMILES string of the molecule is c1ccc(N(c2ccc3cc4c(cc3c2)oc2cc3c(cc24)oc2cc4cc(N(c5ccccc5)c5ccc6[se]c7ccccc7c6c5)ccc4cc23)c2ccc3[se]c4ccccc4c3c2)cc1. The first kappa shape index (κ1) is 38.3. The van der Waals surface area contributed by atoms with E-state index in [9.17, 15) is 0 Å². The summed E-state index contributed by atoms with van der Waals surface area (Å²) in [6.45, 7) is 0. The Hall–Kier alpha value is -7.82. The van der Waals surface area contributed by atoms with E-state index < -0.39 is 0 Å². The molecule has 0 radical (unpaired) electrons. The molecule has 4 aromatic heterocycles. The number of para-hydroxylation sites is 2. The van der Waals surface area contributed by atoms with Crippen LogP contribution in [0.4, 0.5) is 34.1 Å². The number of hydrogen-bond acceptors (Lipinski definition) is 4. The molecule has 0 amide bonds. The van der Waals surface area contributed by atoms with Crippen molar-refractivity contribution < 1.29 is 8.83 Å². The van der Waals surface area contributed by atoms with Gasteiger partial charge < -0.3 is 0 Å². The Morgan fingerprint density at radius 3 is 1.07 bits per heavy atom. The van der Waals surface area contributed by atoms with Crippen LogP contribution in [-0.4, -0.2) is 29.0 Å². The molecule has 0 fully saturated rings. The Morgan fingerprint density at radius 2 is 0.603 bits per heavy atom. The molecule has 4 heterocycles. The van der Waals surface area contributed by atoms with Gasteiger partial charge in [-0.05, 0) is 12.1 Å². The van der Waals surface area contributed by atoms with Crippen molar-refractivity contribution in [2.24, 2.45) is 0 Å². The van der Waals surface area contributed by atoms with Gasteiger partial charge in [0.15, 0.2) is 0 Å². The molecule has 0 spiro atoms. The summed E-state index contributed by atoms with van der Waals surface area (Å²) >= 11 is 0.643. The van der Waals surface area contributed by atoms with Gasteiger partial charge in [0, 0.05) is 0 Å². The predicted octanol–water partition coefficient (Wildman–Crippen LogP) is 17.5. The number of anilines is 6. The molecular weight excluding hydrogens is 963 g/mol. The fraction of sp³-hybridized carbons (Fsp3) is 0. The maximum absolute atomic E-state index is 6.74. The Bertz CT molecular complexity index is 4230. The summed E-state index contributed by atoms with van der Waals surface area (Å²) in [5.74, 6) is 0. The number of rotatable bonds is 6. The zero-order chi connectivity index (χ0) is 44.5. The van der Waals surface area contributed by atoms with Crippen LogP contribution in [-0.2, 0) is 0 Å². The minimum atomic E-state index is 0.322. The van der Waals surface area contributed by atoms with Crippen LogP contribution in [0.3, 0.4) is 0 Å². The minimum absolute atomic E-state index is 0.322. The predicted molar refractivity (Wildman–Crippen MR) is 289 cm³/mol. The molecular formula is C62H36N2O2Se2. The second kappa shape index (κ2) is 14.8.